The molecule has 2 aliphatic heterocycles. The largest absolute Gasteiger partial charge is 0.490 e. The molecule has 0 unspecified atom stereocenters. The predicted octanol–water partition coefficient (Wildman–Crippen LogP) is 2.00. The van der Waals surface area contributed by atoms with Crippen molar-refractivity contribution in [3.63, 3.8) is 0 Å². The Kier molecular flexibility index (Phi) is 5.38. The first-order chi connectivity index (χ1) is 15.1. The molecular formula is C20H22N4O6S. The maximum atomic E-state index is 13.1. The van der Waals surface area contributed by atoms with Gasteiger partial charge in [-0.1, -0.05) is 5.16 Å². The molecule has 0 N–H and O–H groups in total. The van der Waals surface area contributed by atoms with Gasteiger partial charge in [0.25, 0.3) is 0 Å². The fourth-order valence-electron chi connectivity index (χ4n) is 3.60. The van der Waals surface area contributed by atoms with Gasteiger partial charge < -0.3 is 18.4 Å². The Hall–Kier alpha value is -2.89. The van der Waals surface area contributed by atoms with E-state index in [0.717, 1.165) is 6.42 Å². The molecule has 31 heavy (non-hydrogen) atoms. The molecule has 10 nitrogen and oxygen atoms in total. The van der Waals surface area contributed by atoms with Gasteiger partial charge in [0.2, 0.25) is 21.7 Å². The lowest BCUT2D eigenvalue weighted by atomic mass is 10.3. The molecule has 2 aliphatic rings. The number of sulfonamides is 1. The molecule has 0 amide bonds. The van der Waals surface area contributed by atoms with Crippen LogP contribution in [-0.2, 0) is 16.6 Å². The normalized spacial score (nSPS) is 18.1. The molecule has 11 heteroatoms. The average Bonchev–Trinajstić information content (AvgIpc) is 3.41. The fraction of sp³-hybridized carbons (Fsp3) is 0.400. The molecule has 1 aromatic carbocycles. The van der Waals surface area contributed by atoms with Crippen LogP contribution in [0.15, 0.2) is 50.4 Å². The second-order valence-corrected chi connectivity index (χ2v) is 9.27. The van der Waals surface area contributed by atoms with Gasteiger partial charge in [0, 0.05) is 38.7 Å². The first kappa shape index (κ1) is 20.0. The lowest BCUT2D eigenvalue weighted by Crippen LogP contribution is -2.48. The van der Waals surface area contributed by atoms with Crippen molar-refractivity contribution in [3.05, 3.63) is 42.5 Å². The first-order valence-corrected chi connectivity index (χ1v) is 11.5. The summed E-state index contributed by atoms with van der Waals surface area (Å²) in [6, 6.07) is 8.31. The highest BCUT2D eigenvalue weighted by atomic mass is 32.2. The van der Waals surface area contributed by atoms with E-state index in [9.17, 15) is 8.42 Å². The number of piperazine rings is 1. The summed E-state index contributed by atoms with van der Waals surface area (Å²) in [5, 5.41) is 3.92. The van der Waals surface area contributed by atoms with Crippen LogP contribution in [-0.4, -0.2) is 67.2 Å². The molecule has 164 valence electrons. The summed E-state index contributed by atoms with van der Waals surface area (Å²) >= 11 is 0. The number of benzene rings is 1. The van der Waals surface area contributed by atoms with Gasteiger partial charge in [-0.2, -0.15) is 9.29 Å². The number of ether oxygens (including phenoxy) is 2. The Morgan fingerprint density at radius 3 is 2.58 bits per heavy atom. The summed E-state index contributed by atoms with van der Waals surface area (Å²) < 4.78 is 49.5. The summed E-state index contributed by atoms with van der Waals surface area (Å²) in [6.07, 6.45) is 2.32. The van der Waals surface area contributed by atoms with Gasteiger partial charge in [0.15, 0.2) is 17.3 Å². The standard InChI is InChI=1S/C20H22N4O6S/c25-31(26,15-4-5-16-18(13-15)29-12-2-11-27-16)24-8-6-23(7-9-24)14-19-21-20(22-30-19)17-3-1-10-28-17/h1,3-5,10,13H,2,6-9,11-12,14H2. The Bertz CT molecular complexity index is 1140. The minimum absolute atomic E-state index is 0.213. The van der Waals surface area contributed by atoms with Crippen LogP contribution < -0.4 is 9.47 Å². The summed E-state index contributed by atoms with van der Waals surface area (Å²) in [7, 11) is -3.62. The van der Waals surface area contributed by atoms with E-state index in [1.807, 2.05) is 0 Å². The number of rotatable bonds is 5. The van der Waals surface area contributed by atoms with Crippen LogP contribution in [0.1, 0.15) is 12.3 Å². The summed E-state index contributed by atoms with van der Waals surface area (Å²) in [5.74, 6) is 2.46. The second-order valence-electron chi connectivity index (χ2n) is 7.33. The number of nitrogens with zero attached hydrogens (tertiary/aromatic N) is 4. The number of hydrogen-bond donors (Lipinski definition) is 0. The zero-order chi connectivity index (χ0) is 21.3. The molecule has 5 rings (SSSR count). The monoisotopic (exact) mass is 446 g/mol. The van der Waals surface area contributed by atoms with Gasteiger partial charge >= 0.3 is 0 Å². The Labute approximate surface area is 179 Å². The van der Waals surface area contributed by atoms with Gasteiger partial charge in [-0.3, -0.25) is 4.90 Å². The van der Waals surface area contributed by atoms with Gasteiger partial charge in [-0.25, -0.2) is 8.42 Å². The molecule has 2 aromatic heterocycles. The van der Waals surface area contributed by atoms with Gasteiger partial charge in [0.05, 0.1) is 30.9 Å². The lowest BCUT2D eigenvalue weighted by molar-refractivity contribution is 0.163. The highest BCUT2D eigenvalue weighted by molar-refractivity contribution is 7.89. The van der Waals surface area contributed by atoms with E-state index >= 15 is 0 Å². The molecule has 0 spiro atoms. The quantitative estimate of drug-likeness (QED) is 0.581. The fourth-order valence-corrected chi connectivity index (χ4v) is 5.04. The van der Waals surface area contributed by atoms with Crippen molar-refractivity contribution in [3.8, 4) is 23.1 Å². The maximum absolute atomic E-state index is 13.1. The smallest absolute Gasteiger partial charge is 0.243 e. The Balaban J connectivity index is 1.22. The highest BCUT2D eigenvalue weighted by Gasteiger charge is 2.30. The highest BCUT2D eigenvalue weighted by Crippen LogP contribution is 2.33. The number of fused-ring (bicyclic) bond motifs is 1. The van der Waals surface area contributed by atoms with Crippen molar-refractivity contribution < 1.29 is 26.8 Å². The minimum atomic E-state index is -3.62. The topological polar surface area (TPSA) is 111 Å². The van der Waals surface area contributed by atoms with E-state index < -0.39 is 10.0 Å². The SMILES string of the molecule is O=S(=O)(c1ccc2c(c1)OCCCO2)N1CCN(Cc2nc(-c3ccco3)no2)CC1. The van der Waals surface area contributed by atoms with Gasteiger partial charge in [-0.05, 0) is 24.3 Å². The minimum Gasteiger partial charge on any atom is -0.490 e. The van der Waals surface area contributed by atoms with Crippen LogP contribution in [0.5, 0.6) is 11.5 Å². The zero-order valence-corrected chi connectivity index (χ0v) is 17.6. The van der Waals surface area contributed by atoms with Crippen LogP contribution in [0.3, 0.4) is 0 Å². The second kappa shape index (κ2) is 8.33. The average molecular weight is 446 g/mol. The Morgan fingerprint density at radius 2 is 1.81 bits per heavy atom. The maximum Gasteiger partial charge on any atom is 0.243 e. The zero-order valence-electron chi connectivity index (χ0n) is 16.8. The number of aromatic nitrogens is 2. The summed E-state index contributed by atoms with van der Waals surface area (Å²) in [5.41, 5.74) is 0. The van der Waals surface area contributed by atoms with Crippen molar-refractivity contribution in [2.75, 3.05) is 39.4 Å². The van der Waals surface area contributed by atoms with Crippen LogP contribution >= 0.6 is 0 Å². The van der Waals surface area contributed by atoms with E-state index in [0.29, 0.717) is 74.9 Å². The van der Waals surface area contributed by atoms with Gasteiger partial charge in [0.1, 0.15) is 0 Å². The van der Waals surface area contributed by atoms with Crippen molar-refractivity contribution >= 4 is 10.0 Å². The molecule has 1 fully saturated rings. The van der Waals surface area contributed by atoms with E-state index in [4.69, 9.17) is 18.4 Å². The van der Waals surface area contributed by atoms with E-state index in [1.165, 1.54) is 4.31 Å². The van der Waals surface area contributed by atoms with Crippen LogP contribution in [0, 0.1) is 0 Å². The van der Waals surface area contributed by atoms with Gasteiger partial charge in [-0.15, -0.1) is 0 Å². The molecule has 0 radical (unpaired) electrons. The van der Waals surface area contributed by atoms with Crippen molar-refractivity contribution in [2.45, 2.75) is 17.9 Å². The molecule has 0 aliphatic carbocycles. The Morgan fingerprint density at radius 1 is 1.00 bits per heavy atom. The van der Waals surface area contributed by atoms with E-state index in [-0.39, 0.29) is 4.90 Å². The molecular weight excluding hydrogens is 424 g/mol. The molecule has 0 atom stereocenters. The predicted molar refractivity (Wildman–Crippen MR) is 108 cm³/mol. The van der Waals surface area contributed by atoms with Crippen molar-refractivity contribution in [1.29, 1.82) is 0 Å². The van der Waals surface area contributed by atoms with E-state index in [1.54, 1.807) is 36.6 Å². The van der Waals surface area contributed by atoms with Crippen molar-refractivity contribution in [1.82, 2.24) is 19.3 Å². The molecule has 0 saturated carbocycles. The third-order valence-electron chi connectivity index (χ3n) is 5.26. The van der Waals surface area contributed by atoms with Crippen LogP contribution in [0.2, 0.25) is 0 Å². The summed E-state index contributed by atoms with van der Waals surface area (Å²) in [6.45, 7) is 3.37. The summed E-state index contributed by atoms with van der Waals surface area (Å²) in [4.78, 5) is 6.64. The first-order valence-electron chi connectivity index (χ1n) is 10.1. The third kappa shape index (κ3) is 4.16. The van der Waals surface area contributed by atoms with Crippen LogP contribution in [0.25, 0.3) is 11.6 Å². The lowest BCUT2D eigenvalue weighted by Gasteiger charge is -2.33. The van der Waals surface area contributed by atoms with Crippen molar-refractivity contribution in [2.24, 2.45) is 0 Å². The molecule has 3 aromatic rings. The number of hydrogen-bond acceptors (Lipinski definition) is 9. The number of furan rings is 1. The molecule has 1 saturated heterocycles. The van der Waals surface area contributed by atoms with Crippen LogP contribution in [0.4, 0.5) is 0 Å². The molecule has 0 bridgehead atoms. The third-order valence-corrected chi connectivity index (χ3v) is 7.15. The molecule has 4 heterocycles. The van der Waals surface area contributed by atoms with E-state index in [2.05, 4.69) is 15.0 Å².